The topological polar surface area (TPSA) is 64.2 Å². The van der Waals surface area contributed by atoms with Crippen LogP contribution < -0.4 is 5.73 Å². The van der Waals surface area contributed by atoms with Gasteiger partial charge in [-0.05, 0) is 24.7 Å². The average Bonchev–Trinajstić information content (AvgIpc) is 2.90. The van der Waals surface area contributed by atoms with Crippen LogP contribution in [0.15, 0.2) is 6.20 Å². The third kappa shape index (κ3) is 1.69. The van der Waals surface area contributed by atoms with Crippen LogP contribution in [0.3, 0.4) is 0 Å². The van der Waals surface area contributed by atoms with E-state index < -0.39 is 0 Å². The maximum Gasteiger partial charge on any atom is 0.276 e. The van der Waals surface area contributed by atoms with Crippen molar-refractivity contribution in [1.82, 2.24) is 14.7 Å². The lowest BCUT2D eigenvalue weighted by molar-refractivity contribution is 0.0775. The molecule has 2 heterocycles. The van der Waals surface area contributed by atoms with Gasteiger partial charge in [-0.3, -0.25) is 9.48 Å². The number of rotatable bonds is 1. The number of nitrogens with zero attached hydrogens (tertiary/aromatic N) is 3. The average molecular weight is 234 g/mol. The fourth-order valence-corrected chi connectivity index (χ4v) is 3.22. The van der Waals surface area contributed by atoms with Crippen LogP contribution in [0.2, 0.25) is 0 Å². The number of aryl methyl sites for hydroxylation is 1. The van der Waals surface area contributed by atoms with Gasteiger partial charge in [-0.2, -0.15) is 5.10 Å². The fraction of sp³-hybridized carbons (Fsp3) is 0.667. The first-order chi connectivity index (χ1) is 8.15. The molecule has 1 aliphatic carbocycles. The summed E-state index contributed by atoms with van der Waals surface area (Å²) in [6.07, 6.45) is 5.55. The lowest BCUT2D eigenvalue weighted by Gasteiger charge is -2.16. The zero-order valence-corrected chi connectivity index (χ0v) is 10.1. The number of likely N-dealkylation sites (tertiary alicyclic amines) is 1. The van der Waals surface area contributed by atoms with E-state index in [0.717, 1.165) is 13.1 Å². The molecule has 2 atom stereocenters. The van der Waals surface area contributed by atoms with Gasteiger partial charge < -0.3 is 10.6 Å². The third-order valence-electron chi connectivity index (χ3n) is 4.07. The van der Waals surface area contributed by atoms with E-state index in [2.05, 4.69) is 5.10 Å². The van der Waals surface area contributed by atoms with Crippen molar-refractivity contribution in [3.63, 3.8) is 0 Å². The van der Waals surface area contributed by atoms with Crippen molar-refractivity contribution in [1.29, 1.82) is 0 Å². The van der Waals surface area contributed by atoms with Gasteiger partial charge in [0.2, 0.25) is 0 Å². The van der Waals surface area contributed by atoms with Gasteiger partial charge in [-0.25, -0.2) is 0 Å². The number of hydrogen-bond donors (Lipinski definition) is 1. The molecule has 0 spiro atoms. The van der Waals surface area contributed by atoms with Crippen LogP contribution in [-0.4, -0.2) is 33.7 Å². The van der Waals surface area contributed by atoms with E-state index in [4.69, 9.17) is 5.73 Å². The van der Waals surface area contributed by atoms with Crippen molar-refractivity contribution in [3.05, 3.63) is 11.9 Å². The number of nitrogen functional groups attached to an aromatic ring is 1. The molecule has 5 heteroatoms. The Hall–Kier alpha value is -1.52. The molecule has 1 amide bonds. The van der Waals surface area contributed by atoms with Gasteiger partial charge in [0, 0.05) is 26.3 Å². The molecule has 2 aliphatic rings. The van der Waals surface area contributed by atoms with Crippen LogP contribution in [-0.2, 0) is 7.05 Å². The molecule has 3 rings (SSSR count). The number of nitrogens with two attached hydrogens (primary N) is 1. The maximum atomic E-state index is 12.3. The number of hydrogen-bond acceptors (Lipinski definition) is 3. The van der Waals surface area contributed by atoms with Crippen molar-refractivity contribution in [2.75, 3.05) is 18.8 Å². The van der Waals surface area contributed by atoms with Crippen LogP contribution >= 0.6 is 0 Å². The second-order valence-electron chi connectivity index (χ2n) is 5.27. The summed E-state index contributed by atoms with van der Waals surface area (Å²) >= 11 is 0. The molecule has 2 fully saturated rings. The molecule has 92 valence electrons. The van der Waals surface area contributed by atoms with E-state index >= 15 is 0 Å². The summed E-state index contributed by atoms with van der Waals surface area (Å²) in [7, 11) is 1.78. The maximum absolute atomic E-state index is 12.3. The van der Waals surface area contributed by atoms with Crippen molar-refractivity contribution in [2.24, 2.45) is 18.9 Å². The first kappa shape index (κ1) is 10.6. The van der Waals surface area contributed by atoms with E-state index in [0.29, 0.717) is 23.2 Å². The van der Waals surface area contributed by atoms with Crippen LogP contribution in [0.4, 0.5) is 5.69 Å². The molecular weight excluding hydrogens is 216 g/mol. The standard InChI is InChI=1S/C12H18N4O/c1-15-7-10(13)11(14-15)12(17)16-5-8-3-2-4-9(8)6-16/h7-9H,2-6,13H2,1H3. The molecule has 1 aromatic heterocycles. The minimum absolute atomic E-state index is 0.00231. The second-order valence-corrected chi connectivity index (χ2v) is 5.27. The van der Waals surface area contributed by atoms with E-state index in [1.54, 1.807) is 17.9 Å². The number of fused-ring (bicyclic) bond motifs is 1. The lowest BCUT2D eigenvalue weighted by atomic mass is 10.0. The molecule has 1 aromatic rings. The van der Waals surface area contributed by atoms with Crippen LogP contribution in [0.25, 0.3) is 0 Å². The highest BCUT2D eigenvalue weighted by Crippen LogP contribution is 2.38. The van der Waals surface area contributed by atoms with Gasteiger partial charge in [0.1, 0.15) is 0 Å². The Bertz CT molecular complexity index is 441. The molecule has 0 radical (unpaired) electrons. The van der Waals surface area contributed by atoms with Gasteiger partial charge in [-0.1, -0.05) is 6.42 Å². The summed E-state index contributed by atoms with van der Waals surface area (Å²) in [5.41, 5.74) is 6.69. The Morgan fingerprint density at radius 3 is 2.59 bits per heavy atom. The van der Waals surface area contributed by atoms with Gasteiger partial charge in [-0.15, -0.1) is 0 Å². The van der Waals surface area contributed by atoms with Gasteiger partial charge in [0.15, 0.2) is 5.69 Å². The fourth-order valence-electron chi connectivity index (χ4n) is 3.22. The van der Waals surface area contributed by atoms with Crippen molar-refractivity contribution >= 4 is 11.6 Å². The number of carbonyl (C=O) groups excluding carboxylic acids is 1. The molecule has 0 aromatic carbocycles. The first-order valence-corrected chi connectivity index (χ1v) is 6.23. The summed E-state index contributed by atoms with van der Waals surface area (Å²) in [6.45, 7) is 1.78. The Kier molecular flexibility index (Phi) is 2.34. The number of carbonyl (C=O) groups is 1. The van der Waals surface area contributed by atoms with Crippen molar-refractivity contribution in [2.45, 2.75) is 19.3 Å². The predicted octanol–water partition coefficient (Wildman–Crippen LogP) is 0.874. The quantitative estimate of drug-likeness (QED) is 0.784. The molecule has 1 saturated carbocycles. The smallest absolute Gasteiger partial charge is 0.276 e. The van der Waals surface area contributed by atoms with Crippen LogP contribution in [0.5, 0.6) is 0 Å². The minimum Gasteiger partial charge on any atom is -0.396 e. The monoisotopic (exact) mass is 234 g/mol. The van der Waals surface area contributed by atoms with E-state index in [1.807, 2.05) is 4.90 Å². The van der Waals surface area contributed by atoms with Gasteiger partial charge in [0.05, 0.1) is 5.69 Å². The largest absolute Gasteiger partial charge is 0.396 e. The predicted molar refractivity (Wildman–Crippen MR) is 64.4 cm³/mol. The second kappa shape index (κ2) is 3.75. The minimum atomic E-state index is -0.00231. The molecule has 1 saturated heterocycles. The molecule has 2 unspecified atom stereocenters. The molecule has 17 heavy (non-hydrogen) atoms. The summed E-state index contributed by atoms with van der Waals surface area (Å²) < 4.78 is 1.60. The lowest BCUT2D eigenvalue weighted by Crippen LogP contribution is -2.30. The number of aromatic nitrogens is 2. The number of amides is 1. The van der Waals surface area contributed by atoms with E-state index in [-0.39, 0.29) is 5.91 Å². The Morgan fingerprint density at radius 1 is 1.41 bits per heavy atom. The Balaban J connectivity index is 1.77. The summed E-state index contributed by atoms with van der Waals surface area (Å²) in [4.78, 5) is 14.2. The van der Waals surface area contributed by atoms with Crippen molar-refractivity contribution in [3.8, 4) is 0 Å². The normalized spacial score (nSPS) is 27.5. The molecule has 2 N–H and O–H groups in total. The third-order valence-corrected chi connectivity index (χ3v) is 4.07. The zero-order valence-electron chi connectivity index (χ0n) is 10.1. The highest BCUT2D eigenvalue weighted by molar-refractivity contribution is 5.97. The molecule has 5 nitrogen and oxygen atoms in total. The van der Waals surface area contributed by atoms with Gasteiger partial charge in [0.25, 0.3) is 5.91 Å². The van der Waals surface area contributed by atoms with Gasteiger partial charge >= 0.3 is 0 Å². The summed E-state index contributed by atoms with van der Waals surface area (Å²) in [5.74, 6) is 1.42. The van der Waals surface area contributed by atoms with E-state index in [1.165, 1.54) is 19.3 Å². The van der Waals surface area contributed by atoms with Crippen LogP contribution in [0, 0.1) is 11.8 Å². The Labute approximate surface area is 101 Å². The van der Waals surface area contributed by atoms with E-state index in [9.17, 15) is 4.79 Å². The Morgan fingerprint density at radius 2 is 2.06 bits per heavy atom. The molecular formula is C12H18N4O. The van der Waals surface area contributed by atoms with Crippen molar-refractivity contribution < 1.29 is 4.79 Å². The van der Waals surface area contributed by atoms with Crippen LogP contribution in [0.1, 0.15) is 29.8 Å². The highest BCUT2D eigenvalue weighted by atomic mass is 16.2. The first-order valence-electron chi connectivity index (χ1n) is 6.23. The molecule has 1 aliphatic heterocycles. The SMILES string of the molecule is Cn1cc(N)c(C(=O)N2CC3CCCC3C2)n1. The zero-order chi connectivity index (χ0) is 12.0. The highest BCUT2D eigenvalue weighted by Gasteiger charge is 2.39. The number of anilines is 1. The summed E-state index contributed by atoms with van der Waals surface area (Å²) in [5, 5.41) is 4.15. The molecule has 0 bridgehead atoms. The summed E-state index contributed by atoms with van der Waals surface area (Å²) in [6, 6.07) is 0.